The summed E-state index contributed by atoms with van der Waals surface area (Å²) in [5.41, 5.74) is -1.01. The first-order valence-electron chi connectivity index (χ1n) is 7.61. The molecule has 5 nitrogen and oxygen atoms in total. The molecule has 0 aliphatic carbocycles. The Bertz CT molecular complexity index is 910. The molecule has 1 aromatic carbocycles. The molecule has 0 fully saturated rings. The fourth-order valence-electron chi connectivity index (χ4n) is 2.68. The molecule has 1 aliphatic heterocycles. The Morgan fingerprint density at radius 3 is 2.50 bits per heavy atom. The summed E-state index contributed by atoms with van der Waals surface area (Å²) in [7, 11) is 0. The highest BCUT2D eigenvalue weighted by molar-refractivity contribution is 6.30. The van der Waals surface area contributed by atoms with E-state index in [2.05, 4.69) is 5.10 Å². The Labute approximate surface area is 151 Å². The largest absolute Gasteiger partial charge is 0.434 e. The number of amides is 1. The number of hydrogen-bond donors (Lipinski definition) is 0. The summed E-state index contributed by atoms with van der Waals surface area (Å²) in [6.07, 6.45) is -2.00. The van der Waals surface area contributed by atoms with E-state index in [0.29, 0.717) is 21.7 Å². The fraction of sp³-hybridized carbons (Fsp3) is 0.235. The highest BCUT2D eigenvalue weighted by Gasteiger charge is 2.41. The number of carbonyl (C=O) groups excluding carboxylic acids is 1. The number of benzene rings is 1. The van der Waals surface area contributed by atoms with Crippen LogP contribution in [0.3, 0.4) is 0 Å². The van der Waals surface area contributed by atoms with Crippen molar-refractivity contribution in [1.29, 1.82) is 5.26 Å². The molecule has 0 saturated heterocycles. The normalized spacial score (nSPS) is 14.7. The molecule has 0 atom stereocenters. The van der Waals surface area contributed by atoms with Gasteiger partial charge in [0.2, 0.25) is 0 Å². The Balaban J connectivity index is 2.01. The molecule has 0 spiro atoms. The summed E-state index contributed by atoms with van der Waals surface area (Å²) < 4.78 is 41.6. The summed E-state index contributed by atoms with van der Waals surface area (Å²) in [6, 6.07) is 7.65. The summed E-state index contributed by atoms with van der Waals surface area (Å²) in [6.45, 7) is 0.271. The average Bonchev–Trinajstić information content (AvgIpc) is 3.07. The lowest BCUT2D eigenvalue weighted by Crippen LogP contribution is -2.35. The molecular formula is C17H12ClF3N4O. The van der Waals surface area contributed by atoms with Crippen molar-refractivity contribution in [2.24, 2.45) is 0 Å². The maximum atomic E-state index is 13.6. The molecule has 134 valence electrons. The minimum absolute atomic E-state index is 0.0884. The second-order valence-corrected chi connectivity index (χ2v) is 6.07. The molecular weight excluding hydrogens is 369 g/mol. The van der Waals surface area contributed by atoms with Crippen LogP contribution in [-0.4, -0.2) is 33.7 Å². The third-order valence-electron chi connectivity index (χ3n) is 3.98. The van der Waals surface area contributed by atoms with Crippen molar-refractivity contribution in [3.05, 3.63) is 58.4 Å². The van der Waals surface area contributed by atoms with E-state index in [4.69, 9.17) is 16.9 Å². The maximum Gasteiger partial charge on any atom is 0.434 e. The zero-order valence-electron chi connectivity index (χ0n) is 13.3. The standard InChI is InChI=1S/C17H12ClF3N4O/c18-12-1-3-13(4-2-12)25-15(17(19,20)21)14(10-23-25)16(26)24-7-5-11(9-22)6-8-24/h1-5,10H,6-8H2. The zero-order valence-corrected chi connectivity index (χ0v) is 14.1. The van der Waals surface area contributed by atoms with E-state index in [9.17, 15) is 18.0 Å². The van der Waals surface area contributed by atoms with Crippen molar-refractivity contribution in [3.8, 4) is 11.8 Å². The quantitative estimate of drug-likeness (QED) is 0.795. The first-order chi connectivity index (χ1) is 12.3. The lowest BCUT2D eigenvalue weighted by atomic mass is 10.1. The van der Waals surface area contributed by atoms with Gasteiger partial charge in [0.1, 0.15) is 0 Å². The Hall–Kier alpha value is -2.79. The van der Waals surface area contributed by atoms with Gasteiger partial charge in [-0.05, 0) is 30.7 Å². The van der Waals surface area contributed by atoms with Crippen molar-refractivity contribution in [2.75, 3.05) is 13.1 Å². The summed E-state index contributed by atoms with van der Waals surface area (Å²) in [4.78, 5) is 13.9. The van der Waals surface area contributed by atoms with Crippen LogP contribution in [0, 0.1) is 11.3 Å². The highest BCUT2D eigenvalue weighted by atomic mass is 35.5. The van der Waals surface area contributed by atoms with Crippen molar-refractivity contribution >= 4 is 17.5 Å². The second-order valence-electron chi connectivity index (χ2n) is 5.64. The van der Waals surface area contributed by atoms with E-state index in [-0.39, 0.29) is 18.8 Å². The van der Waals surface area contributed by atoms with Crippen molar-refractivity contribution in [1.82, 2.24) is 14.7 Å². The van der Waals surface area contributed by atoms with Gasteiger partial charge in [0.15, 0.2) is 5.69 Å². The number of nitriles is 1. The van der Waals surface area contributed by atoms with Crippen LogP contribution in [0.15, 0.2) is 42.1 Å². The minimum Gasteiger partial charge on any atom is -0.334 e. The van der Waals surface area contributed by atoms with E-state index in [1.165, 1.54) is 35.2 Å². The zero-order chi connectivity index (χ0) is 18.9. The van der Waals surface area contributed by atoms with Crippen LogP contribution in [-0.2, 0) is 6.18 Å². The molecule has 0 N–H and O–H groups in total. The van der Waals surface area contributed by atoms with Gasteiger partial charge in [0.25, 0.3) is 5.91 Å². The van der Waals surface area contributed by atoms with E-state index in [1.54, 1.807) is 0 Å². The molecule has 26 heavy (non-hydrogen) atoms. The number of nitrogens with zero attached hydrogens (tertiary/aromatic N) is 4. The number of alkyl halides is 3. The van der Waals surface area contributed by atoms with Gasteiger partial charge in [0.05, 0.1) is 23.5 Å². The fourth-order valence-corrected chi connectivity index (χ4v) is 2.81. The molecule has 0 saturated carbocycles. The van der Waals surface area contributed by atoms with E-state index < -0.39 is 23.3 Å². The van der Waals surface area contributed by atoms with Gasteiger partial charge in [-0.1, -0.05) is 17.7 Å². The van der Waals surface area contributed by atoms with E-state index in [1.807, 2.05) is 6.07 Å². The lowest BCUT2D eigenvalue weighted by molar-refractivity contribution is -0.143. The number of carbonyl (C=O) groups is 1. The van der Waals surface area contributed by atoms with Gasteiger partial charge in [-0.25, -0.2) is 4.68 Å². The van der Waals surface area contributed by atoms with Crippen LogP contribution in [0.4, 0.5) is 13.2 Å². The average molecular weight is 381 g/mol. The summed E-state index contributed by atoms with van der Waals surface area (Å²) in [5.74, 6) is -0.772. The predicted molar refractivity (Wildman–Crippen MR) is 87.8 cm³/mol. The first kappa shape index (κ1) is 18.0. The van der Waals surface area contributed by atoms with E-state index >= 15 is 0 Å². The first-order valence-corrected chi connectivity index (χ1v) is 7.98. The molecule has 1 aliphatic rings. The third kappa shape index (κ3) is 3.44. The smallest absolute Gasteiger partial charge is 0.334 e. The van der Waals surface area contributed by atoms with Crippen LogP contribution in [0.1, 0.15) is 22.5 Å². The molecule has 2 heterocycles. The SMILES string of the molecule is N#CC1=CCN(C(=O)c2cnn(-c3ccc(Cl)cc3)c2C(F)(F)F)CC1. The number of rotatable bonds is 2. The van der Waals surface area contributed by atoms with Crippen LogP contribution in [0.2, 0.25) is 5.02 Å². The van der Waals surface area contributed by atoms with Gasteiger partial charge in [0, 0.05) is 23.7 Å². The van der Waals surface area contributed by atoms with Gasteiger partial charge in [-0.2, -0.15) is 23.5 Å². The van der Waals surface area contributed by atoms with Crippen LogP contribution >= 0.6 is 11.6 Å². The molecule has 0 unspecified atom stereocenters. The van der Waals surface area contributed by atoms with Crippen LogP contribution in [0.5, 0.6) is 0 Å². The Morgan fingerprint density at radius 2 is 1.96 bits per heavy atom. The van der Waals surface area contributed by atoms with Crippen molar-refractivity contribution in [2.45, 2.75) is 12.6 Å². The molecule has 0 bridgehead atoms. The van der Waals surface area contributed by atoms with Crippen LogP contribution < -0.4 is 0 Å². The second kappa shape index (κ2) is 6.84. The monoisotopic (exact) mass is 380 g/mol. The Kier molecular flexibility index (Phi) is 4.74. The topological polar surface area (TPSA) is 61.9 Å². The molecule has 1 aromatic heterocycles. The Morgan fingerprint density at radius 1 is 1.27 bits per heavy atom. The molecule has 9 heteroatoms. The molecule has 2 aromatic rings. The highest BCUT2D eigenvalue weighted by Crippen LogP contribution is 2.34. The summed E-state index contributed by atoms with van der Waals surface area (Å²) >= 11 is 5.77. The molecule has 1 amide bonds. The maximum absolute atomic E-state index is 13.6. The van der Waals surface area contributed by atoms with Crippen molar-refractivity contribution in [3.63, 3.8) is 0 Å². The predicted octanol–water partition coefficient (Wildman–Crippen LogP) is 3.84. The van der Waals surface area contributed by atoms with Gasteiger partial charge >= 0.3 is 6.18 Å². The number of hydrogen-bond acceptors (Lipinski definition) is 3. The van der Waals surface area contributed by atoms with Gasteiger partial charge in [-0.3, -0.25) is 4.79 Å². The van der Waals surface area contributed by atoms with E-state index in [0.717, 1.165) is 6.20 Å². The molecule has 0 radical (unpaired) electrons. The minimum atomic E-state index is -4.77. The molecule has 3 rings (SSSR count). The number of halogens is 4. The summed E-state index contributed by atoms with van der Waals surface area (Å²) in [5, 5.41) is 13.0. The lowest BCUT2D eigenvalue weighted by Gasteiger charge is -2.25. The van der Waals surface area contributed by atoms with Gasteiger partial charge < -0.3 is 4.90 Å². The van der Waals surface area contributed by atoms with Crippen LogP contribution in [0.25, 0.3) is 5.69 Å². The van der Waals surface area contributed by atoms with Crippen molar-refractivity contribution < 1.29 is 18.0 Å². The number of aromatic nitrogens is 2. The third-order valence-corrected chi connectivity index (χ3v) is 4.23. The van der Waals surface area contributed by atoms with Gasteiger partial charge in [-0.15, -0.1) is 0 Å².